The van der Waals surface area contributed by atoms with E-state index in [0.717, 1.165) is 0 Å². The van der Waals surface area contributed by atoms with Gasteiger partial charge >= 0.3 is 5.97 Å². The Balaban J connectivity index is 3.86. The zero-order valence-electron chi connectivity index (χ0n) is 9.77. The summed E-state index contributed by atoms with van der Waals surface area (Å²) in [6.07, 6.45) is 0.742. The Morgan fingerprint density at radius 2 is 1.88 bits per heavy atom. The van der Waals surface area contributed by atoms with E-state index in [1.165, 1.54) is 0 Å². The summed E-state index contributed by atoms with van der Waals surface area (Å²) in [4.78, 5) is 31.5. The summed E-state index contributed by atoms with van der Waals surface area (Å²) in [6, 6.07) is 0.635. The molecule has 16 heavy (non-hydrogen) atoms. The molecule has 0 aromatic heterocycles. The van der Waals surface area contributed by atoms with E-state index in [-0.39, 0.29) is 18.6 Å². The van der Waals surface area contributed by atoms with Crippen LogP contribution in [0.1, 0.15) is 19.3 Å². The number of Topliss-reactive ketones (excluding diaryl/α,β-unsaturated/α-hetero) is 1. The topological polar surface area (TPSA) is 94.8 Å². The second-order valence-corrected chi connectivity index (χ2v) is 8.75. The molecule has 0 amide bonds. The van der Waals surface area contributed by atoms with Gasteiger partial charge in [0.15, 0.2) is 8.32 Å². The van der Waals surface area contributed by atoms with Crippen molar-refractivity contribution in [3.05, 3.63) is 0 Å². The molecule has 0 rings (SSSR count). The molecular weight excluding hydrogens is 228 g/mol. The van der Waals surface area contributed by atoms with Gasteiger partial charge in [-0.3, -0.25) is 9.59 Å². The maximum atomic E-state index is 11.4. The van der Waals surface area contributed by atoms with Gasteiger partial charge in [0.2, 0.25) is 0 Å². The molecule has 0 fully saturated rings. The van der Waals surface area contributed by atoms with Crippen LogP contribution < -0.4 is 0 Å². The first kappa shape index (κ1) is 15.3. The summed E-state index contributed by atoms with van der Waals surface area (Å²) < 4.78 is 0. The zero-order valence-corrected chi connectivity index (χ0v) is 10.8. The Kier molecular flexibility index (Phi) is 6.47. The van der Waals surface area contributed by atoms with Crippen LogP contribution in [0.25, 0.3) is 0 Å². The van der Waals surface area contributed by atoms with Crippen molar-refractivity contribution in [2.75, 3.05) is 6.61 Å². The number of rotatable bonds is 8. The number of carboxylic acid groups (broad SMARTS) is 1. The van der Waals surface area contributed by atoms with Crippen LogP contribution >= 0.6 is 0 Å². The van der Waals surface area contributed by atoms with Gasteiger partial charge in [0, 0.05) is 12.8 Å². The highest BCUT2D eigenvalue weighted by atomic mass is 28.4. The molecular formula is C10H20O5Si. The van der Waals surface area contributed by atoms with E-state index in [0.29, 0.717) is 12.5 Å². The van der Waals surface area contributed by atoms with Crippen molar-refractivity contribution in [3.8, 4) is 0 Å². The van der Waals surface area contributed by atoms with Crippen molar-refractivity contribution in [1.29, 1.82) is 0 Å². The van der Waals surface area contributed by atoms with Crippen LogP contribution in [0.3, 0.4) is 0 Å². The number of aliphatic carboxylic acids is 1. The summed E-state index contributed by atoms with van der Waals surface area (Å²) in [7, 11) is -2.11. The van der Waals surface area contributed by atoms with Gasteiger partial charge in [-0.15, -0.1) is 0 Å². The van der Waals surface area contributed by atoms with Gasteiger partial charge < -0.3 is 15.0 Å². The van der Waals surface area contributed by atoms with Crippen molar-refractivity contribution in [1.82, 2.24) is 0 Å². The molecule has 0 aromatic rings. The van der Waals surface area contributed by atoms with E-state index in [4.69, 9.17) is 10.2 Å². The van der Waals surface area contributed by atoms with Crippen molar-refractivity contribution in [3.63, 3.8) is 0 Å². The lowest BCUT2D eigenvalue weighted by molar-refractivity contribution is -0.145. The number of carbonyl (C=O) groups is 2. The normalized spacial score (nSPS) is 13.5. The number of hydrogen-bond donors (Lipinski definition) is 3. The molecule has 0 bridgehead atoms. The Hall–Kier alpha value is -0.723. The summed E-state index contributed by atoms with van der Waals surface area (Å²) in [5.41, 5.74) is 0. The molecule has 0 aliphatic heterocycles. The van der Waals surface area contributed by atoms with Crippen molar-refractivity contribution in [2.45, 2.75) is 38.4 Å². The van der Waals surface area contributed by atoms with E-state index >= 15 is 0 Å². The van der Waals surface area contributed by atoms with Gasteiger partial charge in [0.25, 0.3) is 0 Å². The van der Waals surface area contributed by atoms with E-state index in [1.54, 1.807) is 13.1 Å². The molecule has 3 N–H and O–H groups in total. The van der Waals surface area contributed by atoms with Crippen LogP contribution in [0.4, 0.5) is 0 Å². The fourth-order valence-electron chi connectivity index (χ4n) is 1.33. The summed E-state index contributed by atoms with van der Waals surface area (Å²) in [6.45, 7) is 3.08. The van der Waals surface area contributed by atoms with Gasteiger partial charge in [-0.1, -0.05) is 0 Å². The SMILES string of the molecule is C[Si](C)(O)CCCC(=O)CC(CO)C(=O)O. The number of carboxylic acids is 1. The maximum absolute atomic E-state index is 11.4. The zero-order chi connectivity index (χ0) is 12.8. The Morgan fingerprint density at radius 1 is 1.31 bits per heavy atom. The Morgan fingerprint density at radius 3 is 2.25 bits per heavy atom. The molecule has 5 nitrogen and oxygen atoms in total. The van der Waals surface area contributed by atoms with Crippen LogP contribution in [0.15, 0.2) is 0 Å². The van der Waals surface area contributed by atoms with Crippen molar-refractivity contribution in [2.24, 2.45) is 5.92 Å². The van der Waals surface area contributed by atoms with E-state index in [9.17, 15) is 14.4 Å². The largest absolute Gasteiger partial charge is 0.481 e. The number of aliphatic hydroxyl groups excluding tert-OH is 1. The third kappa shape index (κ3) is 7.55. The molecule has 0 aliphatic rings. The minimum absolute atomic E-state index is 0.126. The van der Waals surface area contributed by atoms with Crippen LogP contribution in [0, 0.1) is 5.92 Å². The van der Waals surface area contributed by atoms with Gasteiger partial charge in [-0.25, -0.2) is 0 Å². The highest BCUT2D eigenvalue weighted by Crippen LogP contribution is 2.13. The summed E-state index contributed by atoms with van der Waals surface area (Å²) >= 11 is 0. The van der Waals surface area contributed by atoms with E-state index in [1.807, 2.05) is 0 Å². The molecule has 0 radical (unpaired) electrons. The molecule has 94 valence electrons. The standard InChI is InChI=1S/C10H20O5Si/c1-16(2,15)5-3-4-9(12)6-8(7-11)10(13)14/h8,11,15H,3-7H2,1-2H3,(H,13,14). The minimum atomic E-state index is -2.11. The predicted molar refractivity (Wildman–Crippen MR) is 61.6 cm³/mol. The highest BCUT2D eigenvalue weighted by molar-refractivity contribution is 6.69. The molecule has 1 unspecified atom stereocenters. The average molecular weight is 248 g/mol. The second kappa shape index (κ2) is 6.77. The lowest BCUT2D eigenvalue weighted by atomic mass is 10.0. The van der Waals surface area contributed by atoms with Gasteiger partial charge in [-0.05, 0) is 25.6 Å². The summed E-state index contributed by atoms with van der Waals surface area (Å²) in [5.74, 6) is -2.31. The quantitative estimate of drug-likeness (QED) is 0.547. The smallest absolute Gasteiger partial charge is 0.309 e. The molecule has 1 atom stereocenters. The summed E-state index contributed by atoms with van der Waals surface area (Å²) in [5, 5.41) is 17.4. The fourth-order valence-corrected chi connectivity index (χ4v) is 2.37. The van der Waals surface area contributed by atoms with Gasteiger partial charge in [0.1, 0.15) is 5.78 Å². The number of ketones is 1. The number of carbonyl (C=O) groups excluding carboxylic acids is 1. The third-order valence-electron chi connectivity index (χ3n) is 2.29. The first-order chi connectivity index (χ1) is 7.26. The predicted octanol–water partition coefficient (Wildman–Crippen LogP) is 0.616. The highest BCUT2D eigenvalue weighted by Gasteiger charge is 2.21. The average Bonchev–Trinajstić information content (AvgIpc) is 2.11. The van der Waals surface area contributed by atoms with Crippen molar-refractivity contribution >= 4 is 20.1 Å². The van der Waals surface area contributed by atoms with Crippen LogP contribution in [0.5, 0.6) is 0 Å². The molecule has 0 saturated carbocycles. The lowest BCUT2D eigenvalue weighted by Gasteiger charge is -2.13. The Labute approximate surface area is 96.2 Å². The second-order valence-electron chi connectivity index (χ2n) is 4.63. The van der Waals surface area contributed by atoms with E-state index in [2.05, 4.69) is 0 Å². The molecule has 0 aliphatic carbocycles. The Bertz CT molecular complexity index is 246. The monoisotopic (exact) mass is 248 g/mol. The molecule has 0 heterocycles. The fraction of sp³-hybridized carbons (Fsp3) is 0.800. The van der Waals surface area contributed by atoms with Crippen molar-refractivity contribution < 1.29 is 24.6 Å². The maximum Gasteiger partial charge on any atom is 0.309 e. The first-order valence-corrected chi connectivity index (χ1v) is 8.49. The third-order valence-corrected chi connectivity index (χ3v) is 3.87. The van der Waals surface area contributed by atoms with Gasteiger partial charge in [0.05, 0.1) is 12.5 Å². The van der Waals surface area contributed by atoms with Crippen LogP contribution in [-0.2, 0) is 9.59 Å². The number of hydrogen-bond acceptors (Lipinski definition) is 4. The first-order valence-electron chi connectivity index (χ1n) is 5.34. The molecule has 0 saturated heterocycles. The number of aliphatic hydroxyl groups is 1. The van der Waals surface area contributed by atoms with Crippen LogP contribution in [0.2, 0.25) is 19.1 Å². The minimum Gasteiger partial charge on any atom is -0.481 e. The van der Waals surface area contributed by atoms with Crippen LogP contribution in [-0.4, -0.2) is 41.7 Å². The van der Waals surface area contributed by atoms with Gasteiger partial charge in [-0.2, -0.15) is 0 Å². The molecule has 0 spiro atoms. The lowest BCUT2D eigenvalue weighted by Crippen LogP contribution is -2.25. The molecule has 0 aromatic carbocycles. The van der Waals surface area contributed by atoms with E-state index < -0.39 is 26.8 Å². The molecule has 6 heteroatoms.